The number of aliphatic hydroxyl groups is 1. The molecule has 0 aliphatic carbocycles. The van der Waals surface area contributed by atoms with Crippen molar-refractivity contribution < 1.29 is 9.50 Å². The fraction of sp³-hybridized carbons (Fsp3) is 0.600. The Kier molecular flexibility index (Phi) is 4.91. The van der Waals surface area contributed by atoms with Gasteiger partial charge in [-0.1, -0.05) is 19.1 Å². The van der Waals surface area contributed by atoms with Crippen molar-refractivity contribution in [2.45, 2.75) is 20.0 Å². The van der Waals surface area contributed by atoms with Crippen molar-refractivity contribution in [3.05, 3.63) is 35.1 Å². The van der Waals surface area contributed by atoms with Crippen LogP contribution in [0.4, 0.5) is 4.39 Å². The molecule has 0 bridgehead atoms. The number of aryl methyl sites for hydroxylation is 1. The van der Waals surface area contributed by atoms with E-state index in [1.807, 2.05) is 0 Å². The summed E-state index contributed by atoms with van der Waals surface area (Å²) in [4.78, 5) is 4.68. The van der Waals surface area contributed by atoms with E-state index in [0.717, 1.165) is 38.3 Å². The Hall–Kier alpha value is -0.970. The summed E-state index contributed by atoms with van der Waals surface area (Å²) in [5, 5.41) is 10.2. The molecule has 1 N–H and O–H groups in total. The summed E-state index contributed by atoms with van der Waals surface area (Å²) < 4.78 is 13.2. The third-order valence-corrected chi connectivity index (χ3v) is 3.91. The zero-order valence-corrected chi connectivity index (χ0v) is 11.8. The van der Waals surface area contributed by atoms with Gasteiger partial charge in [-0.15, -0.1) is 0 Å². The van der Waals surface area contributed by atoms with E-state index in [2.05, 4.69) is 16.7 Å². The number of hydrogen-bond donors (Lipinski definition) is 1. The number of rotatable bonds is 4. The van der Waals surface area contributed by atoms with Crippen molar-refractivity contribution in [3.63, 3.8) is 0 Å². The fourth-order valence-corrected chi connectivity index (χ4v) is 2.51. The van der Waals surface area contributed by atoms with Crippen LogP contribution in [0.3, 0.4) is 0 Å². The molecule has 0 radical (unpaired) electrons. The Morgan fingerprint density at radius 2 is 1.84 bits per heavy atom. The number of aliphatic hydroxyl groups excluding tert-OH is 1. The third-order valence-electron chi connectivity index (χ3n) is 3.91. The summed E-state index contributed by atoms with van der Waals surface area (Å²) in [5.41, 5.74) is 1.39. The van der Waals surface area contributed by atoms with Crippen LogP contribution >= 0.6 is 0 Å². The van der Waals surface area contributed by atoms with Crippen LogP contribution in [0, 0.1) is 12.7 Å². The van der Waals surface area contributed by atoms with E-state index in [1.165, 1.54) is 6.07 Å². The van der Waals surface area contributed by atoms with Crippen molar-refractivity contribution in [2.75, 3.05) is 39.3 Å². The molecule has 1 aliphatic heterocycles. The molecular formula is C15H23FN2O. The van der Waals surface area contributed by atoms with Crippen LogP contribution in [0.5, 0.6) is 0 Å². The zero-order chi connectivity index (χ0) is 13.8. The standard InChI is InChI=1S/C15H23FN2O/c1-3-17-6-8-18(9-7-17)11-15(19)13-4-5-14(16)12(2)10-13/h4-5,10,15,19H,3,6-9,11H2,1-2H3. The normalized spacial score (nSPS) is 19.6. The largest absolute Gasteiger partial charge is 0.387 e. The van der Waals surface area contributed by atoms with Crippen molar-refractivity contribution in [2.24, 2.45) is 0 Å². The monoisotopic (exact) mass is 266 g/mol. The van der Waals surface area contributed by atoms with Gasteiger partial charge in [0.25, 0.3) is 0 Å². The molecule has 1 heterocycles. The van der Waals surface area contributed by atoms with E-state index in [4.69, 9.17) is 0 Å². The molecule has 1 aliphatic rings. The van der Waals surface area contributed by atoms with E-state index in [0.29, 0.717) is 12.1 Å². The number of β-amino-alcohol motifs (C(OH)–C–C–N with tert-alkyl or cyclic N) is 1. The molecular weight excluding hydrogens is 243 g/mol. The van der Waals surface area contributed by atoms with Gasteiger partial charge in [-0.25, -0.2) is 4.39 Å². The minimum absolute atomic E-state index is 0.215. The van der Waals surface area contributed by atoms with Gasteiger partial charge in [0.15, 0.2) is 0 Å². The number of halogens is 1. The van der Waals surface area contributed by atoms with Gasteiger partial charge >= 0.3 is 0 Å². The first-order valence-electron chi connectivity index (χ1n) is 6.99. The molecule has 106 valence electrons. The lowest BCUT2D eigenvalue weighted by molar-refractivity contribution is 0.0743. The highest BCUT2D eigenvalue weighted by molar-refractivity contribution is 5.25. The summed E-state index contributed by atoms with van der Waals surface area (Å²) in [6.45, 7) is 9.72. The van der Waals surface area contributed by atoms with Crippen molar-refractivity contribution in [3.8, 4) is 0 Å². The molecule has 19 heavy (non-hydrogen) atoms. The summed E-state index contributed by atoms with van der Waals surface area (Å²) in [6.07, 6.45) is -0.535. The smallest absolute Gasteiger partial charge is 0.126 e. The van der Waals surface area contributed by atoms with Gasteiger partial charge in [0.05, 0.1) is 6.10 Å². The number of nitrogens with zero attached hydrogens (tertiary/aromatic N) is 2. The first-order chi connectivity index (χ1) is 9.10. The maximum Gasteiger partial charge on any atom is 0.126 e. The number of hydrogen-bond acceptors (Lipinski definition) is 3. The quantitative estimate of drug-likeness (QED) is 0.900. The zero-order valence-electron chi connectivity index (χ0n) is 11.8. The Bertz CT molecular complexity index is 417. The molecule has 0 saturated carbocycles. The van der Waals surface area contributed by atoms with Crippen molar-refractivity contribution in [1.29, 1.82) is 0 Å². The predicted molar refractivity (Wildman–Crippen MR) is 74.7 cm³/mol. The van der Waals surface area contributed by atoms with Crippen LogP contribution in [-0.4, -0.2) is 54.2 Å². The van der Waals surface area contributed by atoms with Crippen LogP contribution in [0.1, 0.15) is 24.2 Å². The van der Waals surface area contributed by atoms with Gasteiger partial charge in [-0.3, -0.25) is 4.90 Å². The Labute approximate surface area is 114 Å². The molecule has 1 unspecified atom stereocenters. The molecule has 0 spiro atoms. The second kappa shape index (κ2) is 6.46. The fourth-order valence-electron chi connectivity index (χ4n) is 2.51. The minimum Gasteiger partial charge on any atom is -0.387 e. The molecule has 0 amide bonds. The second-order valence-electron chi connectivity index (χ2n) is 5.26. The summed E-state index contributed by atoms with van der Waals surface area (Å²) >= 11 is 0. The highest BCUT2D eigenvalue weighted by Crippen LogP contribution is 2.18. The van der Waals surface area contributed by atoms with Gasteiger partial charge in [-0.05, 0) is 30.7 Å². The lowest BCUT2D eigenvalue weighted by Gasteiger charge is -2.35. The number of benzene rings is 1. The molecule has 2 rings (SSSR count). The number of likely N-dealkylation sites (N-methyl/N-ethyl adjacent to an activating group) is 1. The van der Waals surface area contributed by atoms with Crippen LogP contribution in [0.2, 0.25) is 0 Å². The molecule has 1 aromatic rings. The van der Waals surface area contributed by atoms with E-state index < -0.39 is 6.10 Å². The lowest BCUT2D eigenvalue weighted by Crippen LogP contribution is -2.47. The van der Waals surface area contributed by atoms with Crippen molar-refractivity contribution in [1.82, 2.24) is 9.80 Å². The minimum atomic E-state index is -0.535. The van der Waals surface area contributed by atoms with Gasteiger partial charge in [0.2, 0.25) is 0 Å². The molecule has 1 fully saturated rings. The summed E-state index contributed by atoms with van der Waals surface area (Å²) in [7, 11) is 0. The Balaban J connectivity index is 1.90. The maximum absolute atomic E-state index is 13.2. The summed E-state index contributed by atoms with van der Waals surface area (Å²) in [5.74, 6) is -0.215. The first-order valence-corrected chi connectivity index (χ1v) is 6.99. The van der Waals surface area contributed by atoms with Crippen LogP contribution < -0.4 is 0 Å². The average Bonchev–Trinajstić information content (AvgIpc) is 2.42. The third kappa shape index (κ3) is 3.75. The van der Waals surface area contributed by atoms with Crippen molar-refractivity contribution >= 4 is 0 Å². The van der Waals surface area contributed by atoms with Crippen LogP contribution in [-0.2, 0) is 0 Å². The Morgan fingerprint density at radius 3 is 2.42 bits per heavy atom. The predicted octanol–water partition coefficient (Wildman–Crippen LogP) is 1.81. The van der Waals surface area contributed by atoms with Crippen LogP contribution in [0.15, 0.2) is 18.2 Å². The first kappa shape index (κ1) is 14.4. The molecule has 1 atom stereocenters. The summed E-state index contributed by atoms with van der Waals surface area (Å²) in [6, 6.07) is 4.85. The average molecular weight is 266 g/mol. The lowest BCUT2D eigenvalue weighted by atomic mass is 10.1. The molecule has 4 heteroatoms. The highest BCUT2D eigenvalue weighted by atomic mass is 19.1. The van der Waals surface area contributed by atoms with E-state index >= 15 is 0 Å². The molecule has 3 nitrogen and oxygen atoms in total. The van der Waals surface area contributed by atoms with Gasteiger partial charge in [0.1, 0.15) is 5.82 Å². The second-order valence-corrected chi connectivity index (χ2v) is 5.26. The van der Waals surface area contributed by atoms with E-state index in [9.17, 15) is 9.50 Å². The number of piperazine rings is 1. The van der Waals surface area contributed by atoms with Gasteiger partial charge in [-0.2, -0.15) is 0 Å². The topological polar surface area (TPSA) is 26.7 Å². The Morgan fingerprint density at radius 1 is 1.21 bits per heavy atom. The van der Waals surface area contributed by atoms with Gasteiger partial charge < -0.3 is 10.0 Å². The van der Waals surface area contributed by atoms with Gasteiger partial charge in [0, 0.05) is 32.7 Å². The van der Waals surface area contributed by atoms with Crippen LogP contribution in [0.25, 0.3) is 0 Å². The molecule has 1 saturated heterocycles. The highest BCUT2D eigenvalue weighted by Gasteiger charge is 2.19. The van der Waals surface area contributed by atoms with E-state index in [1.54, 1.807) is 19.1 Å². The molecule has 0 aromatic heterocycles. The maximum atomic E-state index is 13.2. The SMILES string of the molecule is CCN1CCN(CC(O)c2ccc(F)c(C)c2)CC1. The molecule has 1 aromatic carbocycles. The van der Waals surface area contributed by atoms with E-state index in [-0.39, 0.29) is 5.82 Å².